The van der Waals surface area contributed by atoms with Crippen molar-refractivity contribution in [3.63, 3.8) is 0 Å². The van der Waals surface area contributed by atoms with Crippen molar-refractivity contribution >= 4 is 58.9 Å². The number of amidine groups is 1. The van der Waals surface area contributed by atoms with Gasteiger partial charge in [0.2, 0.25) is 5.95 Å². The first-order valence-corrected chi connectivity index (χ1v) is 15.0. The van der Waals surface area contributed by atoms with E-state index in [1.165, 1.54) is 17.3 Å². The summed E-state index contributed by atoms with van der Waals surface area (Å²) in [4.78, 5) is 28.4. The molecule has 2 aliphatic heterocycles. The van der Waals surface area contributed by atoms with Crippen LogP contribution in [-0.4, -0.2) is 102 Å². The van der Waals surface area contributed by atoms with Crippen molar-refractivity contribution in [2.45, 2.75) is 44.6 Å². The third-order valence-corrected chi connectivity index (χ3v) is 7.83. The summed E-state index contributed by atoms with van der Waals surface area (Å²) in [6.07, 6.45) is -12.4. The van der Waals surface area contributed by atoms with E-state index >= 15 is 0 Å². The Labute approximate surface area is 307 Å². The van der Waals surface area contributed by atoms with Crippen LogP contribution in [0, 0.1) is 0 Å². The summed E-state index contributed by atoms with van der Waals surface area (Å²) in [7, 11) is 0. The van der Waals surface area contributed by atoms with Crippen LogP contribution in [0.25, 0.3) is 0 Å². The number of aliphatic imine (C=N–C) groups is 1. The molecule has 1 saturated heterocycles. The molecule has 0 spiro atoms. The van der Waals surface area contributed by atoms with E-state index in [1.54, 1.807) is 6.92 Å². The van der Waals surface area contributed by atoms with Crippen molar-refractivity contribution in [2.24, 2.45) is 4.99 Å². The van der Waals surface area contributed by atoms with Crippen molar-refractivity contribution in [3.8, 4) is 0 Å². The second kappa shape index (κ2) is 15.8. The molecule has 272 valence electrons. The van der Waals surface area contributed by atoms with Crippen molar-refractivity contribution in [1.29, 1.82) is 0 Å². The molecule has 1 fully saturated rings. The molecule has 2 aromatic carbocycles. The number of carbonyl (C=O) groups is 1. The van der Waals surface area contributed by atoms with E-state index in [0.717, 1.165) is 23.1 Å². The molecule has 1 N–H and O–H groups in total. The third kappa shape index (κ3) is 9.75. The summed E-state index contributed by atoms with van der Waals surface area (Å²) in [5.74, 6) is -1.51. The van der Waals surface area contributed by atoms with Gasteiger partial charge in [0.1, 0.15) is 6.61 Å². The molecule has 5 rings (SSSR count). The van der Waals surface area contributed by atoms with E-state index in [2.05, 4.69) is 15.0 Å². The number of nitrogens with zero attached hydrogens (tertiary/aromatic N) is 6. The van der Waals surface area contributed by atoms with Crippen LogP contribution in [0.3, 0.4) is 0 Å². The molecule has 51 heavy (non-hydrogen) atoms. The van der Waals surface area contributed by atoms with Gasteiger partial charge in [-0.2, -0.15) is 39.5 Å². The average Bonchev–Trinajstić information content (AvgIpc) is 3.55. The summed E-state index contributed by atoms with van der Waals surface area (Å²) in [5, 5.41) is 9.36. The number of carboxylic acid groups (broad SMARTS) is 1. The molecule has 0 bridgehead atoms. The molecule has 3 heterocycles. The Kier molecular flexibility index (Phi) is 12.4. The van der Waals surface area contributed by atoms with Gasteiger partial charge in [-0.1, -0.05) is 0 Å². The number of hydrogen-bond acceptors (Lipinski definition) is 9. The van der Waals surface area contributed by atoms with Gasteiger partial charge in [0.05, 0.1) is 53.7 Å². The SMILES string of the molecule is CCN(C1=NC(C(=O)O)CO1)c1ccc(C(F)(F)F)cc1CN(Cc1cc(C(F)(F)F)cc(C(F)(F)F)c1)c1ncc(N2CCOCC2)cn1.[NaH]. The van der Waals surface area contributed by atoms with Gasteiger partial charge in [-0.15, -0.1) is 0 Å². The van der Waals surface area contributed by atoms with Gasteiger partial charge in [0, 0.05) is 32.7 Å². The molecule has 20 heteroatoms. The standard InChI is InChI=1S/C31H29F9N6O4.Na.H/c1-2-46(28-43-24(17-50-28)26(47)48)25-4-3-20(29(32,33)34)11-19(25)16-45(27-41-13-23(14-42-27)44-5-7-49-8-6-44)15-18-9-21(30(35,36)37)12-22(10-18)31(38,39)40;;/h3-4,9-14,24H,2,5-8,15-17H2,1H3,(H,47,48);;. The fourth-order valence-electron chi connectivity index (χ4n) is 5.39. The topological polar surface area (TPSA) is 104 Å². The molecule has 1 unspecified atom stereocenters. The van der Waals surface area contributed by atoms with Crippen molar-refractivity contribution in [1.82, 2.24) is 9.97 Å². The number of morpholine rings is 1. The van der Waals surface area contributed by atoms with E-state index in [1.807, 2.05) is 4.90 Å². The van der Waals surface area contributed by atoms with Crippen LogP contribution in [0.2, 0.25) is 0 Å². The van der Waals surface area contributed by atoms with Crippen molar-refractivity contribution in [2.75, 3.05) is 54.2 Å². The number of benzene rings is 2. The van der Waals surface area contributed by atoms with E-state index in [0.29, 0.717) is 44.1 Å². The van der Waals surface area contributed by atoms with Crippen LogP contribution in [0.1, 0.15) is 34.7 Å². The number of carboxylic acids is 1. The Balaban J connectivity index is 0.00000583. The normalized spacial score (nSPS) is 16.6. The molecule has 1 aromatic heterocycles. The Morgan fingerprint density at radius 3 is 1.98 bits per heavy atom. The van der Waals surface area contributed by atoms with Crippen molar-refractivity contribution in [3.05, 3.63) is 76.6 Å². The zero-order chi connectivity index (χ0) is 36.4. The number of alkyl halides is 9. The molecule has 1 atom stereocenters. The summed E-state index contributed by atoms with van der Waals surface area (Å²) < 4.78 is 135. The third-order valence-electron chi connectivity index (χ3n) is 7.83. The summed E-state index contributed by atoms with van der Waals surface area (Å²) in [6.45, 7) is 1.84. The van der Waals surface area contributed by atoms with E-state index in [9.17, 15) is 49.4 Å². The quantitative estimate of drug-likeness (QED) is 0.222. The first-order valence-electron chi connectivity index (χ1n) is 15.0. The molecule has 10 nitrogen and oxygen atoms in total. The Bertz CT molecular complexity index is 1680. The molecule has 0 saturated carbocycles. The molecule has 3 aromatic rings. The van der Waals surface area contributed by atoms with Crippen LogP contribution in [-0.2, 0) is 45.9 Å². The number of hydrogen-bond donors (Lipinski definition) is 1. The Morgan fingerprint density at radius 2 is 1.47 bits per heavy atom. The zero-order valence-corrected chi connectivity index (χ0v) is 26.1. The predicted octanol–water partition coefficient (Wildman–Crippen LogP) is 5.59. The second-order valence-corrected chi connectivity index (χ2v) is 11.3. The van der Waals surface area contributed by atoms with Gasteiger partial charge in [-0.3, -0.25) is 4.90 Å². The van der Waals surface area contributed by atoms with E-state index in [-0.39, 0.29) is 72.0 Å². The number of aromatic nitrogens is 2. The van der Waals surface area contributed by atoms with Gasteiger partial charge in [0.15, 0.2) is 6.04 Å². The second-order valence-electron chi connectivity index (χ2n) is 11.3. The Hall–Kier alpha value is -3.81. The summed E-state index contributed by atoms with van der Waals surface area (Å²) >= 11 is 0. The molecule has 2 aliphatic rings. The summed E-state index contributed by atoms with van der Waals surface area (Å²) in [6, 6.07) is 2.15. The van der Waals surface area contributed by atoms with Crippen LogP contribution in [0.15, 0.2) is 53.8 Å². The number of aliphatic carboxylic acids is 1. The zero-order valence-electron chi connectivity index (χ0n) is 26.1. The first-order chi connectivity index (χ1) is 23.4. The fraction of sp³-hybridized carbons (Fsp3) is 0.419. The maximum atomic E-state index is 14.0. The molecular weight excluding hydrogens is 714 g/mol. The van der Waals surface area contributed by atoms with Crippen LogP contribution in [0.4, 0.5) is 56.8 Å². The summed E-state index contributed by atoms with van der Waals surface area (Å²) in [5.41, 5.74) is -4.25. The van der Waals surface area contributed by atoms with Crippen LogP contribution >= 0.6 is 0 Å². The monoisotopic (exact) mass is 744 g/mol. The number of ether oxygens (including phenoxy) is 2. The van der Waals surface area contributed by atoms with Crippen LogP contribution in [0.5, 0.6) is 0 Å². The van der Waals surface area contributed by atoms with Gasteiger partial charge in [-0.05, 0) is 54.4 Å². The number of rotatable bonds is 9. The van der Waals surface area contributed by atoms with Gasteiger partial charge in [-0.25, -0.2) is 19.8 Å². The van der Waals surface area contributed by atoms with E-state index < -0.39 is 65.9 Å². The van der Waals surface area contributed by atoms with Crippen LogP contribution < -0.4 is 14.7 Å². The van der Waals surface area contributed by atoms with Gasteiger partial charge in [0.25, 0.3) is 6.02 Å². The number of halogens is 9. The minimum atomic E-state index is -5.15. The minimum absolute atomic E-state index is 0. The predicted molar refractivity (Wildman–Crippen MR) is 168 cm³/mol. The molecule has 0 radical (unpaired) electrons. The molecule has 0 amide bonds. The van der Waals surface area contributed by atoms with E-state index in [4.69, 9.17) is 9.47 Å². The molecular formula is C31H30F9N6NaO4. The Morgan fingerprint density at radius 1 is 0.882 bits per heavy atom. The average molecular weight is 745 g/mol. The van der Waals surface area contributed by atoms with Gasteiger partial charge >= 0.3 is 54.1 Å². The van der Waals surface area contributed by atoms with Crippen molar-refractivity contribution < 1.29 is 58.9 Å². The molecule has 0 aliphatic carbocycles. The number of anilines is 3. The van der Waals surface area contributed by atoms with Gasteiger partial charge < -0.3 is 24.4 Å². The maximum absolute atomic E-state index is 14.0. The fourth-order valence-corrected chi connectivity index (χ4v) is 5.39. The first kappa shape index (κ1) is 40.0.